The lowest BCUT2D eigenvalue weighted by molar-refractivity contribution is -0.132. The predicted molar refractivity (Wildman–Crippen MR) is 131 cm³/mol. The molecule has 1 fully saturated rings. The zero-order chi connectivity index (χ0) is 22.3. The topological polar surface area (TPSA) is 23.6 Å². The fourth-order valence-corrected chi connectivity index (χ4v) is 5.99. The molecular weight excluding hydrogens is 392 g/mol. The third-order valence-electron chi connectivity index (χ3n) is 7.29. The lowest BCUT2D eigenvalue weighted by Gasteiger charge is -2.38. The van der Waals surface area contributed by atoms with Crippen LogP contribution in [0.25, 0.3) is 0 Å². The van der Waals surface area contributed by atoms with E-state index in [1.54, 1.807) is 0 Å². The quantitative estimate of drug-likeness (QED) is 0.519. The van der Waals surface area contributed by atoms with Crippen molar-refractivity contribution in [1.82, 2.24) is 4.90 Å². The van der Waals surface area contributed by atoms with Crippen LogP contribution in [0.3, 0.4) is 0 Å². The first-order valence-electron chi connectivity index (χ1n) is 11.8. The Labute approximate surface area is 191 Å². The standard InChI is InChI=1S/C29H32N2O/c1-4-27(32)30-16-15-29(19-23-11-7-9-21(2)17-23)25-13-5-6-14-26(25)31(28(29)30)20-24-12-8-10-22(3)18-24/h5-14,17-18,28H,4,15-16,19-20H2,1-3H3. The molecule has 3 aromatic carbocycles. The van der Waals surface area contributed by atoms with Crippen molar-refractivity contribution in [3.05, 3.63) is 101 Å². The van der Waals surface area contributed by atoms with Gasteiger partial charge < -0.3 is 9.80 Å². The van der Waals surface area contributed by atoms with Gasteiger partial charge in [0, 0.05) is 30.6 Å². The van der Waals surface area contributed by atoms with Gasteiger partial charge in [-0.15, -0.1) is 0 Å². The summed E-state index contributed by atoms with van der Waals surface area (Å²) < 4.78 is 0. The number of benzene rings is 3. The summed E-state index contributed by atoms with van der Waals surface area (Å²) in [6, 6.07) is 26.5. The van der Waals surface area contributed by atoms with Crippen molar-refractivity contribution in [3.8, 4) is 0 Å². The van der Waals surface area contributed by atoms with Gasteiger partial charge in [0.05, 0.1) is 0 Å². The summed E-state index contributed by atoms with van der Waals surface area (Å²) in [5.41, 5.74) is 7.80. The van der Waals surface area contributed by atoms with Crippen molar-refractivity contribution in [1.29, 1.82) is 0 Å². The van der Waals surface area contributed by atoms with Gasteiger partial charge in [-0.3, -0.25) is 4.79 Å². The summed E-state index contributed by atoms with van der Waals surface area (Å²) in [5.74, 6) is 0.253. The Morgan fingerprint density at radius 3 is 2.34 bits per heavy atom. The fraction of sp³-hybridized carbons (Fsp3) is 0.345. The number of likely N-dealkylation sites (tertiary alicyclic amines) is 1. The number of nitrogens with zero attached hydrogens (tertiary/aromatic N) is 2. The number of rotatable bonds is 5. The maximum absolute atomic E-state index is 13.1. The molecule has 0 N–H and O–H groups in total. The number of carbonyl (C=O) groups excluding carboxylic acids is 1. The number of amides is 1. The number of para-hydroxylation sites is 1. The second-order valence-corrected chi connectivity index (χ2v) is 9.52. The molecule has 2 aliphatic heterocycles. The van der Waals surface area contributed by atoms with E-state index in [9.17, 15) is 4.79 Å². The lowest BCUT2D eigenvalue weighted by Crippen LogP contribution is -2.52. The van der Waals surface area contributed by atoms with E-state index >= 15 is 0 Å². The highest BCUT2D eigenvalue weighted by molar-refractivity contribution is 5.79. The highest BCUT2D eigenvalue weighted by Crippen LogP contribution is 2.54. The first kappa shape index (κ1) is 20.8. The molecule has 3 nitrogen and oxygen atoms in total. The molecule has 3 heteroatoms. The largest absolute Gasteiger partial charge is 0.346 e. The van der Waals surface area contributed by atoms with Crippen molar-refractivity contribution >= 4 is 11.6 Å². The Hall–Kier alpha value is -3.07. The first-order chi connectivity index (χ1) is 15.5. The smallest absolute Gasteiger partial charge is 0.223 e. The molecule has 164 valence electrons. The molecule has 2 atom stereocenters. The minimum Gasteiger partial charge on any atom is -0.346 e. The normalized spacial score (nSPS) is 21.5. The van der Waals surface area contributed by atoms with Gasteiger partial charge in [0.25, 0.3) is 0 Å². The van der Waals surface area contributed by atoms with Crippen LogP contribution in [0.5, 0.6) is 0 Å². The van der Waals surface area contributed by atoms with Gasteiger partial charge in [-0.25, -0.2) is 0 Å². The predicted octanol–water partition coefficient (Wildman–Crippen LogP) is 5.77. The molecule has 2 aliphatic rings. The van der Waals surface area contributed by atoms with Crippen LogP contribution in [0.2, 0.25) is 0 Å². The van der Waals surface area contributed by atoms with Crippen molar-refractivity contribution in [2.45, 2.75) is 58.2 Å². The van der Waals surface area contributed by atoms with E-state index in [4.69, 9.17) is 0 Å². The number of anilines is 1. The van der Waals surface area contributed by atoms with Gasteiger partial charge in [0.15, 0.2) is 0 Å². The van der Waals surface area contributed by atoms with Crippen LogP contribution in [0.4, 0.5) is 5.69 Å². The zero-order valence-electron chi connectivity index (χ0n) is 19.3. The van der Waals surface area contributed by atoms with E-state index < -0.39 is 0 Å². The minimum atomic E-state index is -0.0843. The molecule has 0 aliphatic carbocycles. The monoisotopic (exact) mass is 424 g/mol. The van der Waals surface area contributed by atoms with Crippen LogP contribution in [-0.2, 0) is 23.2 Å². The third-order valence-corrected chi connectivity index (χ3v) is 7.29. The van der Waals surface area contributed by atoms with E-state index in [1.165, 1.54) is 33.5 Å². The molecule has 5 rings (SSSR count). The number of hydrogen-bond donors (Lipinski definition) is 0. The number of aryl methyl sites for hydroxylation is 2. The summed E-state index contributed by atoms with van der Waals surface area (Å²) in [6.45, 7) is 7.92. The van der Waals surface area contributed by atoms with Crippen molar-refractivity contribution in [2.75, 3.05) is 11.4 Å². The van der Waals surface area contributed by atoms with Gasteiger partial charge in [-0.05, 0) is 49.4 Å². The molecule has 0 aromatic heterocycles. The molecule has 2 unspecified atom stereocenters. The lowest BCUT2D eigenvalue weighted by atomic mass is 9.74. The van der Waals surface area contributed by atoms with E-state index in [1.807, 2.05) is 6.92 Å². The molecule has 32 heavy (non-hydrogen) atoms. The molecule has 2 heterocycles. The Kier molecular flexibility index (Phi) is 5.28. The summed E-state index contributed by atoms with van der Waals surface area (Å²) in [6.07, 6.45) is 2.55. The fourth-order valence-electron chi connectivity index (χ4n) is 5.99. The number of hydrogen-bond acceptors (Lipinski definition) is 2. The Balaban J connectivity index is 1.63. The van der Waals surface area contributed by atoms with Crippen LogP contribution in [-0.4, -0.2) is 23.5 Å². The van der Waals surface area contributed by atoms with Crippen molar-refractivity contribution in [2.24, 2.45) is 0 Å². The summed E-state index contributed by atoms with van der Waals surface area (Å²) in [4.78, 5) is 17.8. The summed E-state index contributed by atoms with van der Waals surface area (Å²) >= 11 is 0. The van der Waals surface area contributed by atoms with Crippen molar-refractivity contribution in [3.63, 3.8) is 0 Å². The third kappa shape index (κ3) is 3.40. The van der Waals surface area contributed by atoms with Gasteiger partial charge in [-0.1, -0.05) is 84.8 Å². The molecule has 1 saturated heterocycles. The molecule has 3 aromatic rings. The van der Waals surface area contributed by atoms with E-state index in [0.29, 0.717) is 6.42 Å². The Bertz CT molecular complexity index is 1150. The van der Waals surface area contributed by atoms with Crippen LogP contribution >= 0.6 is 0 Å². The van der Waals surface area contributed by atoms with E-state index in [0.717, 1.165) is 25.9 Å². The molecule has 0 radical (unpaired) electrons. The Morgan fingerprint density at radius 1 is 0.938 bits per heavy atom. The molecule has 0 spiro atoms. The highest BCUT2D eigenvalue weighted by atomic mass is 16.2. The average Bonchev–Trinajstić information content (AvgIpc) is 3.27. The van der Waals surface area contributed by atoms with Crippen LogP contribution in [0.15, 0.2) is 72.8 Å². The van der Waals surface area contributed by atoms with Gasteiger partial charge in [0.2, 0.25) is 5.91 Å². The van der Waals surface area contributed by atoms with Gasteiger partial charge >= 0.3 is 0 Å². The number of fused-ring (bicyclic) bond motifs is 3. The van der Waals surface area contributed by atoms with Crippen LogP contribution in [0.1, 0.15) is 47.6 Å². The summed E-state index contributed by atoms with van der Waals surface area (Å²) in [5, 5.41) is 0. The molecule has 0 saturated carbocycles. The molecular formula is C29H32N2O. The maximum Gasteiger partial charge on any atom is 0.223 e. The summed E-state index contributed by atoms with van der Waals surface area (Å²) in [7, 11) is 0. The second kappa shape index (κ2) is 8.12. The van der Waals surface area contributed by atoms with E-state index in [2.05, 4.69) is 96.4 Å². The van der Waals surface area contributed by atoms with Crippen LogP contribution < -0.4 is 4.90 Å². The Morgan fingerprint density at radius 2 is 1.62 bits per heavy atom. The highest BCUT2D eigenvalue weighted by Gasteiger charge is 2.57. The SMILES string of the molecule is CCC(=O)N1CCC2(Cc3cccc(C)c3)c3ccccc3N(Cc3cccc(C)c3)C12. The maximum atomic E-state index is 13.1. The van der Waals surface area contributed by atoms with Crippen LogP contribution in [0, 0.1) is 13.8 Å². The molecule has 0 bridgehead atoms. The van der Waals surface area contributed by atoms with Crippen molar-refractivity contribution < 1.29 is 4.79 Å². The second-order valence-electron chi connectivity index (χ2n) is 9.52. The van der Waals surface area contributed by atoms with E-state index in [-0.39, 0.29) is 17.5 Å². The van der Waals surface area contributed by atoms with Gasteiger partial charge in [-0.2, -0.15) is 0 Å². The molecule has 1 amide bonds. The average molecular weight is 425 g/mol. The van der Waals surface area contributed by atoms with Gasteiger partial charge in [0.1, 0.15) is 6.17 Å². The minimum absolute atomic E-state index is 0.0494. The zero-order valence-corrected chi connectivity index (χ0v) is 19.3. The number of carbonyl (C=O) groups is 1. The first-order valence-corrected chi connectivity index (χ1v) is 11.8.